The van der Waals surface area contributed by atoms with Crippen LogP contribution in [0.2, 0.25) is 0 Å². The van der Waals surface area contributed by atoms with E-state index in [1.807, 2.05) is 82.1 Å². The quantitative estimate of drug-likeness (QED) is 0.0861. The molecule has 4 heterocycles. The standard InChI is InChI=1S/C25H28N2O2.3C24H25FN2O2/c1-5-12-27-15-22(20-13-16(2)14-21(20)25(27)29)24(28)26(4)23-11-7-9-18-17(3)8-6-10-19(18)23;2*1-4-11-27-14-20(18-12-15(2)13-19(18)24(27)29)23(28)26(3)22-10-6-7-16-17(22)8-5-9-21(16)25;1-4-10-27-14-21(19-11-15(2)12-20(19)24(27)29)23(28)26(3)22-7-5-6-16-8-9-17(25)13-18(16)22/h5-6,8,10,13,15,23H,1,7,9,11-12,14H2,2-4H3;2*4-5,8-9,12,14,22H,1,6-7,10-11,13H2,2-3H3;4,8-9,11,13-14,22H,1,5-7,10,12H2,2-3H3. The third-order valence-corrected chi connectivity index (χ3v) is 24.4. The van der Waals surface area contributed by atoms with Crippen molar-refractivity contribution in [2.45, 2.75) is 188 Å². The number of allylic oxidation sites excluding steroid dienone is 8. The van der Waals surface area contributed by atoms with Crippen molar-refractivity contribution in [3.8, 4) is 0 Å². The number of fused-ring (bicyclic) bond motifs is 8. The topological polar surface area (TPSA) is 169 Å². The second-order valence-electron chi connectivity index (χ2n) is 32.3. The molecule has 0 fully saturated rings. The summed E-state index contributed by atoms with van der Waals surface area (Å²) in [6, 6.07) is 21.0. The summed E-state index contributed by atoms with van der Waals surface area (Å²) in [7, 11) is 7.21. The van der Waals surface area contributed by atoms with Crippen molar-refractivity contribution in [3.05, 3.63) is 346 Å². The number of hydrogen-bond donors (Lipinski definition) is 0. The van der Waals surface area contributed by atoms with E-state index in [4.69, 9.17) is 0 Å². The first kappa shape index (κ1) is 82.3. The van der Waals surface area contributed by atoms with Crippen LogP contribution in [0.25, 0.3) is 24.3 Å². The average molecular weight is 1570 g/mol. The summed E-state index contributed by atoms with van der Waals surface area (Å²) in [5.41, 5.74) is 21.0. The third kappa shape index (κ3) is 16.1. The van der Waals surface area contributed by atoms with Crippen LogP contribution in [0.4, 0.5) is 13.2 Å². The highest BCUT2D eigenvalue weighted by molar-refractivity contribution is 6.01. The number of nitrogens with zero attached hydrogens (tertiary/aromatic N) is 8. The second kappa shape index (κ2) is 34.8. The van der Waals surface area contributed by atoms with Gasteiger partial charge in [0, 0.05) is 101 Å². The zero-order valence-corrected chi connectivity index (χ0v) is 68.1. The number of aryl methyl sites for hydroxylation is 2. The Kier molecular flexibility index (Phi) is 24.7. The monoisotopic (exact) mass is 1560 g/mol. The fourth-order valence-corrected chi connectivity index (χ4v) is 18.6. The average Bonchev–Trinajstić information content (AvgIpc) is 1.33. The summed E-state index contributed by atoms with van der Waals surface area (Å²) in [4.78, 5) is 112. The molecule has 4 aromatic carbocycles. The van der Waals surface area contributed by atoms with Crippen LogP contribution in [0.1, 0.15) is 239 Å². The predicted octanol–water partition coefficient (Wildman–Crippen LogP) is 17.3. The van der Waals surface area contributed by atoms with Crippen molar-refractivity contribution < 1.29 is 32.3 Å². The summed E-state index contributed by atoms with van der Waals surface area (Å²) in [5, 5.41) is 0. The maximum absolute atomic E-state index is 14.3. The van der Waals surface area contributed by atoms with Gasteiger partial charge in [-0.2, -0.15) is 0 Å². The molecule has 19 heteroatoms. The van der Waals surface area contributed by atoms with Crippen LogP contribution in [0.5, 0.6) is 0 Å². The highest BCUT2D eigenvalue weighted by Crippen LogP contribution is 2.42. The number of halogens is 3. The van der Waals surface area contributed by atoms with Crippen molar-refractivity contribution in [2.75, 3.05) is 28.2 Å². The van der Waals surface area contributed by atoms with Gasteiger partial charge < -0.3 is 37.9 Å². The van der Waals surface area contributed by atoms with E-state index < -0.39 is 0 Å². The van der Waals surface area contributed by atoms with Gasteiger partial charge in [0.15, 0.2) is 0 Å². The first-order chi connectivity index (χ1) is 55.7. The van der Waals surface area contributed by atoms with E-state index in [2.05, 4.69) is 51.4 Å². The van der Waals surface area contributed by atoms with Gasteiger partial charge in [-0.25, -0.2) is 13.2 Å². The van der Waals surface area contributed by atoms with Gasteiger partial charge in [-0.3, -0.25) is 38.4 Å². The second-order valence-corrected chi connectivity index (χ2v) is 32.3. The number of aromatic nitrogens is 4. The van der Waals surface area contributed by atoms with Crippen molar-refractivity contribution in [2.24, 2.45) is 0 Å². The third-order valence-electron chi connectivity index (χ3n) is 24.4. The lowest BCUT2D eigenvalue weighted by Gasteiger charge is -2.34. The molecule has 16 rings (SSSR count). The maximum atomic E-state index is 14.3. The molecule has 0 radical (unpaired) electrons. The van der Waals surface area contributed by atoms with E-state index in [1.54, 1.807) is 121 Å². The molecule has 0 spiro atoms. The Hall–Kier alpha value is -11.7. The maximum Gasteiger partial charge on any atom is 0.256 e. The summed E-state index contributed by atoms with van der Waals surface area (Å²) >= 11 is 0. The van der Waals surface area contributed by atoms with Gasteiger partial charge in [0.2, 0.25) is 0 Å². The van der Waals surface area contributed by atoms with Crippen LogP contribution in [0, 0.1) is 24.4 Å². The number of rotatable bonds is 16. The fourth-order valence-electron chi connectivity index (χ4n) is 18.6. The molecule has 4 unspecified atom stereocenters. The van der Waals surface area contributed by atoms with Crippen LogP contribution in [-0.2, 0) is 77.5 Å². The summed E-state index contributed by atoms with van der Waals surface area (Å²) in [6.45, 7) is 26.4. The molecule has 8 aromatic rings. The Morgan fingerprint density at radius 2 is 0.664 bits per heavy atom. The zero-order valence-electron chi connectivity index (χ0n) is 68.1. The largest absolute Gasteiger partial charge is 0.335 e. The highest BCUT2D eigenvalue weighted by atomic mass is 19.1. The molecule has 0 saturated carbocycles. The number of carbonyl (C=O) groups is 4. The zero-order chi connectivity index (χ0) is 82.8. The Morgan fingerprint density at radius 1 is 0.379 bits per heavy atom. The van der Waals surface area contributed by atoms with Gasteiger partial charge in [-0.05, 0) is 234 Å². The molecule has 8 aliphatic rings. The molecule has 600 valence electrons. The SMILES string of the molecule is C=CCn1cc(C(=O)N(C)C2CCCc3c(C)cccc32)c2c(c1=O)CC(C)=C2.C=CCn1cc(C(=O)N(C)C2CCCc3c(F)cccc32)c2c(c1=O)CC(C)=C2.C=CCn1cc(C(=O)N(C)C2CCCc3c(F)cccc32)c2c(c1=O)CC(C)=C2.C=CCn1cc(C(=O)N(C)C2CCCc3ccc(F)cc32)c2c(c1=O)CC(C)=C2. The van der Waals surface area contributed by atoms with E-state index in [0.717, 1.165) is 137 Å². The van der Waals surface area contributed by atoms with Gasteiger partial charge in [-0.15, -0.1) is 26.3 Å². The van der Waals surface area contributed by atoms with Crippen LogP contribution in [0.15, 0.2) is 190 Å². The molecule has 4 amide bonds. The van der Waals surface area contributed by atoms with E-state index in [9.17, 15) is 51.5 Å². The normalized spacial score (nSPS) is 17.3. The minimum Gasteiger partial charge on any atom is -0.335 e. The fraction of sp³-hybridized carbons (Fsp3) is 0.340. The molecule has 0 saturated heterocycles. The lowest BCUT2D eigenvalue weighted by Crippen LogP contribution is -2.35. The molecule has 0 N–H and O–H groups in total. The van der Waals surface area contributed by atoms with E-state index >= 15 is 0 Å². The van der Waals surface area contributed by atoms with Crippen LogP contribution in [0.3, 0.4) is 0 Å². The van der Waals surface area contributed by atoms with Gasteiger partial charge in [0.05, 0.1) is 46.4 Å². The first-order valence-corrected chi connectivity index (χ1v) is 40.3. The Bertz CT molecular complexity index is 5170. The van der Waals surface area contributed by atoms with Gasteiger partial charge in [0.25, 0.3) is 45.9 Å². The number of amides is 4. The Balaban J connectivity index is 0.000000135. The predicted molar refractivity (Wildman–Crippen MR) is 454 cm³/mol. The molecular weight excluding hydrogens is 1460 g/mol. The van der Waals surface area contributed by atoms with Crippen molar-refractivity contribution >= 4 is 47.9 Å². The van der Waals surface area contributed by atoms with Crippen molar-refractivity contribution in [1.82, 2.24) is 37.9 Å². The summed E-state index contributed by atoms with van der Waals surface area (Å²) in [5.74, 6) is -1.15. The number of pyridine rings is 4. The summed E-state index contributed by atoms with van der Waals surface area (Å²) in [6.07, 6.45) is 33.8. The number of benzene rings is 4. The minimum absolute atomic E-state index is 0.0224. The Morgan fingerprint density at radius 3 is 0.983 bits per heavy atom. The van der Waals surface area contributed by atoms with Crippen molar-refractivity contribution in [1.29, 1.82) is 0 Å². The minimum atomic E-state index is -0.282. The van der Waals surface area contributed by atoms with Crippen LogP contribution in [-0.4, -0.2) is 89.7 Å². The van der Waals surface area contributed by atoms with Crippen LogP contribution < -0.4 is 22.2 Å². The van der Waals surface area contributed by atoms with Crippen molar-refractivity contribution in [3.63, 3.8) is 0 Å². The smallest absolute Gasteiger partial charge is 0.256 e. The van der Waals surface area contributed by atoms with Gasteiger partial charge in [-0.1, -0.05) is 119 Å². The number of hydrogen-bond acceptors (Lipinski definition) is 8. The molecule has 8 aliphatic carbocycles. The molecule has 0 bridgehead atoms. The lowest BCUT2D eigenvalue weighted by molar-refractivity contribution is 0.0706. The number of carbonyl (C=O) groups excluding carboxylic acids is 4. The molecule has 4 atom stereocenters. The van der Waals surface area contributed by atoms with Gasteiger partial charge >= 0.3 is 0 Å². The lowest BCUT2D eigenvalue weighted by atomic mass is 9.84. The van der Waals surface area contributed by atoms with Crippen LogP contribution >= 0.6 is 0 Å². The first-order valence-electron chi connectivity index (χ1n) is 40.3. The molecule has 0 aliphatic heterocycles. The molecule has 16 nitrogen and oxygen atoms in total. The van der Waals surface area contributed by atoms with E-state index in [-0.39, 0.29) is 87.5 Å². The molecular formula is C97H103F3N8O8. The molecule has 4 aromatic heterocycles. The van der Waals surface area contributed by atoms with Gasteiger partial charge in [0.1, 0.15) is 17.5 Å². The summed E-state index contributed by atoms with van der Waals surface area (Å²) < 4.78 is 48.7. The molecule has 116 heavy (non-hydrogen) atoms. The Labute approximate surface area is 676 Å². The van der Waals surface area contributed by atoms with E-state index in [1.165, 1.54) is 34.9 Å². The highest BCUT2D eigenvalue weighted by Gasteiger charge is 2.37. The van der Waals surface area contributed by atoms with E-state index in [0.29, 0.717) is 115 Å².